The van der Waals surface area contributed by atoms with Gasteiger partial charge in [0.25, 0.3) is 0 Å². The smallest absolute Gasteiger partial charge is 0.416 e. The fourth-order valence-electron chi connectivity index (χ4n) is 7.51. The molecule has 1 aliphatic rings. The first-order valence-corrected chi connectivity index (χ1v) is 26.0. The Balaban J connectivity index is 0.661. The van der Waals surface area contributed by atoms with Crippen molar-refractivity contribution in [1.82, 2.24) is 5.32 Å². The Morgan fingerprint density at radius 3 is 1.26 bits per heavy atom. The SMILES string of the molecule is O=C(NCCCOCCOCCOCCOCCOCCOCCOCCOCCOCCOCCOCCOCCOC(=O)c1ccccc1Nc1cccc(C(F)(F)F)c1)OCC1c2ccccc2-c2ccccc21. The number of rotatable bonds is 45. The number of ether oxygens (including phenoxy) is 14. The number of fused-ring (bicyclic) bond motifs is 3. The summed E-state index contributed by atoms with van der Waals surface area (Å²) < 4.78 is 116. The fourth-order valence-corrected chi connectivity index (χ4v) is 7.51. The van der Waals surface area contributed by atoms with Crippen LogP contribution in [0.2, 0.25) is 0 Å². The Bertz CT molecular complexity index is 2160. The Labute approximate surface area is 449 Å². The van der Waals surface area contributed by atoms with Crippen molar-refractivity contribution in [3.05, 3.63) is 119 Å². The summed E-state index contributed by atoms with van der Waals surface area (Å²) in [6.45, 7) is 10.9. The predicted molar refractivity (Wildman–Crippen MR) is 279 cm³/mol. The average Bonchev–Trinajstić information content (AvgIpc) is 3.77. The number of nitrogens with one attached hydrogen (secondary N) is 2. The minimum Gasteiger partial charge on any atom is -0.460 e. The van der Waals surface area contributed by atoms with Gasteiger partial charge in [-0.3, -0.25) is 0 Å². The van der Waals surface area contributed by atoms with E-state index in [1.807, 2.05) is 24.3 Å². The molecule has 426 valence electrons. The maximum absolute atomic E-state index is 13.1. The summed E-state index contributed by atoms with van der Waals surface area (Å²) in [6, 6.07) is 27.6. The third-order valence-electron chi connectivity index (χ3n) is 11.2. The van der Waals surface area contributed by atoms with Crippen molar-refractivity contribution in [3.8, 4) is 11.1 Å². The van der Waals surface area contributed by atoms with Crippen LogP contribution < -0.4 is 10.6 Å². The molecule has 0 unspecified atom stereocenters. The highest BCUT2D eigenvalue weighted by molar-refractivity contribution is 5.96. The molecule has 21 heteroatoms. The number of hydrogen-bond acceptors (Lipinski definition) is 17. The molecule has 0 atom stereocenters. The molecule has 0 radical (unpaired) electrons. The van der Waals surface area contributed by atoms with Crippen molar-refractivity contribution in [1.29, 1.82) is 0 Å². The monoisotopic (exact) mass is 1090 g/mol. The molecule has 0 heterocycles. The largest absolute Gasteiger partial charge is 0.460 e. The van der Waals surface area contributed by atoms with E-state index in [1.54, 1.807) is 18.2 Å². The van der Waals surface area contributed by atoms with Crippen LogP contribution in [-0.2, 0) is 72.5 Å². The lowest BCUT2D eigenvalue weighted by Gasteiger charge is -2.14. The number of anilines is 2. The number of alkyl carbamates (subject to hydrolysis) is 1. The number of amides is 1. The van der Waals surface area contributed by atoms with Crippen LogP contribution in [0.4, 0.5) is 29.3 Å². The van der Waals surface area contributed by atoms with Gasteiger partial charge in [-0.1, -0.05) is 66.7 Å². The number of halogens is 3. The second-order valence-corrected chi connectivity index (χ2v) is 16.8. The summed E-state index contributed by atoms with van der Waals surface area (Å²) in [7, 11) is 0. The summed E-state index contributed by atoms with van der Waals surface area (Å²) in [4.78, 5) is 24.9. The van der Waals surface area contributed by atoms with Gasteiger partial charge in [0.1, 0.15) is 13.2 Å². The maximum atomic E-state index is 13.1. The zero-order chi connectivity index (χ0) is 54.3. The van der Waals surface area contributed by atoms with Crippen LogP contribution in [0.25, 0.3) is 11.1 Å². The molecule has 0 fully saturated rings. The first-order valence-electron chi connectivity index (χ1n) is 26.0. The van der Waals surface area contributed by atoms with Crippen molar-refractivity contribution >= 4 is 23.4 Å². The Morgan fingerprint density at radius 1 is 0.429 bits per heavy atom. The van der Waals surface area contributed by atoms with Crippen molar-refractivity contribution in [2.45, 2.75) is 18.5 Å². The highest BCUT2D eigenvalue weighted by Gasteiger charge is 2.31. The van der Waals surface area contributed by atoms with Gasteiger partial charge < -0.3 is 76.9 Å². The molecule has 2 N–H and O–H groups in total. The average molecular weight is 1090 g/mol. The number of para-hydroxylation sites is 1. The van der Waals surface area contributed by atoms with E-state index in [-0.39, 0.29) is 37.0 Å². The van der Waals surface area contributed by atoms with Crippen LogP contribution in [0, 0.1) is 0 Å². The van der Waals surface area contributed by atoms with E-state index >= 15 is 0 Å². The normalized spacial score (nSPS) is 12.1. The molecule has 0 bridgehead atoms. The second kappa shape index (κ2) is 39.1. The number of benzene rings is 4. The van der Waals surface area contributed by atoms with Gasteiger partial charge in [0.05, 0.1) is 169 Å². The van der Waals surface area contributed by atoms with E-state index in [2.05, 4.69) is 34.9 Å². The number of carbonyl (C=O) groups is 2. The van der Waals surface area contributed by atoms with Gasteiger partial charge in [-0.2, -0.15) is 13.2 Å². The van der Waals surface area contributed by atoms with Gasteiger partial charge in [-0.05, 0) is 59.0 Å². The number of esters is 1. The summed E-state index contributed by atoms with van der Waals surface area (Å²) in [5.41, 5.74) is 4.65. The molecule has 0 aliphatic heterocycles. The van der Waals surface area contributed by atoms with Crippen molar-refractivity contribution in [2.75, 3.05) is 184 Å². The van der Waals surface area contributed by atoms with Crippen LogP contribution in [0.5, 0.6) is 0 Å². The lowest BCUT2D eigenvalue weighted by Crippen LogP contribution is -2.27. The number of hydrogen-bond donors (Lipinski definition) is 2. The standard InChI is InChI=1S/C56H75F3N2O16/c57-56(58,59)45-9-7-10-46(43-45)61-53-16-6-5-15-51(53)54(62)76-42-41-75-40-39-74-38-37-73-36-35-72-34-33-71-32-31-70-30-29-69-28-27-68-26-25-67-24-23-66-22-21-65-20-19-64-18-8-17-60-55(63)77-44-52-49-13-3-1-11-47(49)48-12-2-4-14-50(48)52/h1-7,9-16,43,52,61H,8,17-42,44H2,(H,60,63). The minimum atomic E-state index is -4.49. The highest BCUT2D eigenvalue weighted by Crippen LogP contribution is 2.44. The molecule has 4 aromatic carbocycles. The van der Waals surface area contributed by atoms with E-state index in [0.29, 0.717) is 171 Å². The molecular formula is C56H75F3N2O16. The summed E-state index contributed by atoms with van der Waals surface area (Å²) in [6.07, 6.45) is -4.25. The predicted octanol–water partition coefficient (Wildman–Crippen LogP) is 7.73. The quantitative estimate of drug-likeness (QED) is 0.0323. The molecule has 0 aromatic heterocycles. The van der Waals surface area contributed by atoms with Crippen LogP contribution in [0.1, 0.15) is 39.4 Å². The van der Waals surface area contributed by atoms with E-state index in [4.69, 9.17) is 66.3 Å². The molecule has 5 rings (SSSR count). The lowest BCUT2D eigenvalue weighted by atomic mass is 9.98. The van der Waals surface area contributed by atoms with Gasteiger partial charge in [0, 0.05) is 24.8 Å². The third-order valence-corrected chi connectivity index (χ3v) is 11.2. The second-order valence-electron chi connectivity index (χ2n) is 16.8. The van der Waals surface area contributed by atoms with Crippen LogP contribution >= 0.6 is 0 Å². The Morgan fingerprint density at radius 2 is 0.818 bits per heavy atom. The molecule has 1 aliphatic carbocycles. The van der Waals surface area contributed by atoms with Crippen LogP contribution in [0.15, 0.2) is 97.1 Å². The zero-order valence-electron chi connectivity index (χ0n) is 43.8. The van der Waals surface area contributed by atoms with E-state index < -0.39 is 23.8 Å². The third kappa shape index (κ3) is 26.3. The van der Waals surface area contributed by atoms with E-state index in [9.17, 15) is 22.8 Å². The Hall–Kier alpha value is -5.27. The van der Waals surface area contributed by atoms with Crippen LogP contribution in [0.3, 0.4) is 0 Å². The van der Waals surface area contributed by atoms with Gasteiger partial charge in [0.15, 0.2) is 0 Å². The van der Waals surface area contributed by atoms with Crippen molar-refractivity contribution in [3.63, 3.8) is 0 Å². The molecule has 4 aromatic rings. The zero-order valence-corrected chi connectivity index (χ0v) is 43.8. The first-order chi connectivity index (χ1) is 37.8. The summed E-state index contributed by atoms with van der Waals surface area (Å²) in [5.74, 6) is -0.600. The number of alkyl halides is 3. The van der Waals surface area contributed by atoms with E-state index in [1.165, 1.54) is 40.5 Å². The molecular weight excluding hydrogens is 1010 g/mol. The molecule has 77 heavy (non-hydrogen) atoms. The lowest BCUT2D eigenvalue weighted by molar-refractivity contribution is -0.137. The maximum Gasteiger partial charge on any atom is 0.416 e. The minimum absolute atomic E-state index is 0.0108. The molecule has 1 amide bonds. The van der Waals surface area contributed by atoms with Gasteiger partial charge in [0.2, 0.25) is 0 Å². The summed E-state index contributed by atoms with van der Waals surface area (Å²) >= 11 is 0. The fraction of sp³-hybridized carbons (Fsp3) is 0.536. The number of carbonyl (C=O) groups excluding carboxylic acids is 2. The summed E-state index contributed by atoms with van der Waals surface area (Å²) in [5, 5.41) is 5.66. The van der Waals surface area contributed by atoms with Crippen molar-refractivity contribution < 1.29 is 89.1 Å². The van der Waals surface area contributed by atoms with E-state index in [0.717, 1.165) is 12.1 Å². The Kier molecular flexibility index (Phi) is 31.8. The topological polar surface area (TPSA) is 187 Å². The molecule has 0 saturated carbocycles. The van der Waals surface area contributed by atoms with Crippen LogP contribution in [-0.4, -0.2) is 190 Å². The van der Waals surface area contributed by atoms with Gasteiger partial charge >= 0.3 is 18.2 Å². The van der Waals surface area contributed by atoms with Crippen molar-refractivity contribution in [2.24, 2.45) is 0 Å². The van der Waals surface area contributed by atoms with Gasteiger partial charge in [-0.25, -0.2) is 9.59 Å². The molecule has 0 spiro atoms. The van der Waals surface area contributed by atoms with Gasteiger partial charge in [-0.15, -0.1) is 0 Å². The first kappa shape index (κ1) is 62.6. The molecule has 0 saturated heterocycles. The molecule has 18 nitrogen and oxygen atoms in total. The highest BCUT2D eigenvalue weighted by atomic mass is 19.4.